The first kappa shape index (κ1) is 7.08. The number of ether oxygens (including phenoxy) is 1. The van der Waals surface area contributed by atoms with Crippen molar-refractivity contribution in [3.63, 3.8) is 0 Å². The first-order valence-electron chi connectivity index (χ1n) is 3.62. The average Bonchev–Trinajstić information content (AvgIpc) is 2.66. The monoisotopic (exact) mass is 169 g/mol. The van der Waals surface area contributed by atoms with Crippen molar-refractivity contribution in [2.45, 2.75) is 18.9 Å². The molecule has 0 aromatic carbocycles. The quantitative estimate of drug-likeness (QED) is 0.537. The van der Waals surface area contributed by atoms with Gasteiger partial charge in [0.15, 0.2) is 0 Å². The Labute approximate surface area is 67.7 Å². The third kappa shape index (κ3) is 1.23. The van der Waals surface area contributed by atoms with Crippen LogP contribution in [0.4, 0.5) is 5.69 Å². The van der Waals surface area contributed by atoms with Crippen LogP contribution < -0.4 is 4.74 Å². The van der Waals surface area contributed by atoms with Crippen LogP contribution in [-0.4, -0.2) is 21.2 Å². The topological polar surface area (TPSA) is 81.0 Å². The van der Waals surface area contributed by atoms with Gasteiger partial charge in [-0.3, -0.25) is 10.1 Å². The molecule has 0 spiro atoms. The normalized spacial score (nSPS) is 16.0. The molecule has 6 heteroatoms. The molecular formula is C6H7N3O3. The lowest BCUT2D eigenvalue weighted by atomic mass is 10.6. The van der Waals surface area contributed by atoms with E-state index in [9.17, 15) is 10.1 Å². The van der Waals surface area contributed by atoms with Crippen LogP contribution in [0.15, 0.2) is 6.20 Å². The Bertz CT molecular complexity index is 305. The Morgan fingerprint density at radius 2 is 2.50 bits per heavy atom. The number of nitro groups is 1. The number of nitrogens with one attached hydrogen (secondary N) is 1. The van der Waals surface area contributed by atoms with Gasteiger partial charge in [-0.05, 0) is 12.8 Å². The zero-order valence-electron chi connectivity index (χ0n) is 6.19. The lowest BCUT2D eigenvalue weighted by Gasteiger charge is -1.97. The Morgan fingerprint density at radius 1 is 1.75 bits per heavy atom. The first-order valence-corrected chi connectivity index (χ1v) is 3.62. The molecular weight excluding hydrogens is 162 g/mol. The summed E-state index contributed by atoms with van der Waals surface area (Å²) in [5, 5.41) is 16.3. The molecule has 0 saturated heterocycles. The maximum atomic E-state index is 10.4. The third-order valence-corrected chi connectivity index (χ3v) is 1.59. The second-order valence-corrected chi connectivity index (χ2v) is 2.66. The van der Waals surface area contributed by atoms with Crippen molar-refractivity contribution in [2.75, 3.05) is 0 Å². The lowest BCUT2D eigenvalue weighted by Crippen LogP contribution is -1.98. The van der Waals surface area contributed by atoms with Crippen LogP contribution in [0.25, 0.3) is 0 Å². The Kier molecular flexibility index (Phi) is 1.46. The summed E-state index contributed by atoms with van der Waals surface area (Å²) in [7, 11) is 0. The summed E-state index contributed by atoms with van der Waals surface area (Å²) in [6.45, 7) is 0. The van der Waals surface area contributed by atoms with E-state index in [1.165, 1.54) is 0 Å². The fourth-order valence-electron chi connectivity index (χ4n) is 0.837. The molecule has 1 saturated carbocycles. The zero-order valence-corrected chi connectivity index (χ0v) is 6.19. The minimum Gasteiger partial charge on any atom is -0.470 e. The molecule has 1 aromatic heterocycles. The second kappa shape index (κ2) is 2.47. The summed E-state index contributed by atoms with van der Waals surface area (Å²) >= 11 is 0. The molecule has 1 aliphatic carbocycles. The molecule has 1 fully saturated rings. The molecule has 0 radical (unpaired) electrons. The van der Waals surface area contributed by atoms with Crippen LogP contribution in [-0.2, 0) is 0 Å². The molecule has 0 bridgehead atoms. The Morgan fingerprint density at radius 3 is 3.08 bits per heavy atom. The highest BCUT2D eigenvalue weighted by Gasteiger charge is 2.28. The second-order valence-electron chi connectivity index (χ2n) is 2.66. The van der Waals surface area contributed by atoms with Crippen LogP contribution in [0.5, 0.6) is 5.88 Å². The fraction of sp³-hybridized carbons (Fsp3) is 0.500. The molecule has 1 aromatic rings. The average molecular weight is 169 g/mol. The van der Waals surface area contributed by atoms with Gasteiger partial charge in [-0.25, -0.2) is 5.10 Å². The van der Waals surface area contributed by atoms with Crippen molar-refractivity contribution in [1.82, 2.24) is 10.2 Å². The number of nitrogens with zero attached hydrogens (tertiary/aromatic N) is 2. The molecule has 0 unspecified atom stereocenters. The van der Waals surface area contributed by atoms with E-state index in [2.05, 4.69) is 10.2 Å². The molecule has 12 heavy (non-hydrogen) atoms. The number of aromatic amines is 1. The highest BCUT2D eigenvalue weighted by molar-refractivity contribution is 5.37. The van der Waals surface area contributed by atoms with E-state index < -0.39 is 4.92 Å². The van der Waals surface area contributed by atoms with Crippen LogP contribution in [0, 0.1) is 10.1 Å². The van der Waals surface area contributed by atoms with Crippen LogP contribution in [0.2, 0.25) is 0 Å². The number of hydrogen-bond donors (Lipinski definition) is 1. The van der Waals surface area contributed by atoms with E-state index in [-0.39, 0.29) is 17.7 Å². The molecule has 6 nitrogen and oxygen atoms in total. The molecule has 1 aliphatic rings. The van der Waals surface area contributed by atoms with Crippen LogP contribution in [0.1, 0.15) is 12.8 Å². The molecule has 0 amide bonds. The Hall–Kier alpha value is -1.59. The fourth-order valence-corrected chi connectivity index (χ4v) is 0.837. The van der Waals surface area contributed by atoms with Crippen molar-refractivity contribution >= 4 is 5.69 Å². The van der Waals surface area contributed by atoms with Gasteiger partial charge in [-0.2, -0.15) is 5.10 Å². The predicted octanol–water partition coefficient (Wildman–Crippen LogP) is 0.859. The van der Waals surface area contributed by atoms with Crippen molar-refractivity contribution in [2.24, 2.45) is 0 Å². The summed E-state index contributed by atoms with van der Waals surface area (Å²) in [5.74, 6) is 0.169. The van der Waals surface area contributed by atoms with E-state index in [4.69, 9.17) is 4.74 Å². The molecule has 1 N–H and O–H groups in total. The van der Waals surface area contributed by atoms with Crippen molar-refractivity contribution in [3.05, 3.63) is 16.3 Å². The van der Waals surface area contributed by atoms with Crippen LogP contribution in [0.3, 0.4) is 0 Å². The summed E-state index contributed by atoms with van der Waals surface area (Å²) in [6, 6.07) is 0. The highest BCUT2D eigenvalue weighted by atomic mass is 16.6. The number of aromatic nitrogens is 2. The van der Waals surface area contributed by atoms with Gasteiger partial charge in [0.2, 0.25) is 0 Å². The van der Waals surface area contributed by atoms with Gasteiger partial charge in [0.25, 0.3) is 5.88 Å². The van der Waals surface area contributed by atoms with Crippen molar-refractivity contribution in [3.8, 4) is 5.88 Å². The SMILES string of the molecule is O=[N+]([O-])c1cn[nH]c1OC1CC1. The van der Waals surface area contributed by atoms with Gasteiger partial charge in [-0.1, -0.05) is 0 Å². The van der Waals surface area contributed by atoms with Gasteiger partial charge in [0.1, 0.15) is 12.3 Å². The third-order valence-electron chi connectivity index (χ3n) is 1.59. The molecule has 64 valence electrons. The predicted molar refractivity (Wildman–Crippen MR) is 38.9 cm³/mol. The summed E-state index contributed by atoms with van der Waals surface area (Å²) < 4.78 is 5.20. The number of hydrogen-bond acceptors (Lipinski definition) is 4. The lowest BCUT2D eigenvalue weighted by molar-refractivity contribution is -0.385. The van der Waals surface area contributed by atoms with Crippen LogP contribution >= 0.6 is 0 Å². The van der Waals surface area contributed by atoms with Gasteiger partial charge < -0.3 is 4.74 Å². The largest absolute Gasteiger partial charge is 0.470 e. The molecule has 2 rings (SSSR count). The van der Waals surface area contributed by atoms with E-state index in [0.29, 0.717) is 0 Å². The van der Waals surface area contributed by atoms with Gasteiger partial charge in [-0.15, -0.1) is 0 Å². The van der Waals surface area contributed by atoms with E-state index in [1.54, 1.807) is 0 Å². The summed E-state index contributed by atoms with van der Waals surface area (Å²) in [5.41, 5.74) is -0.0955. The van der Waals surface area contributed by atoms with E-state index in [0.717, 1.165) is 19.0 Å². The zero-order chi connectivity index (χ0) is 8.55. The van der Waals surface area contributed by atoms with E-state index in [1.807, 2.05) is 0 Å². The summed E-state index contributed by atoms with van der Waals surface area (Å²) in [4.78, 5) is 9.84. The van der Waals surface area contributed by atoms with Gasteiger partial charge in [0, 0.05) is 0 Å². The highest BCUT2D eigenvalue weighted by Crippen LogP contribution is 2.30. The Balaban J connectivity index is 2.17. The van der Waals surface area contributed by atoms with Gasteiger partial charge in [0.05, 0.1) is 4.92 Å². The molecule has 0 aliphatic heterocycles. The molecule has 1 heterocycles. The van der Waals surface area contributed by atoms with Gasteiger partial charge >= 0.3 is 5.69 Å². The molecule has 0 atom stereocenters. The standard InChI is InChI=1S/C6H7N3O3/c10-9(11)5-3-7-8-6(5)12-4-1-2-4/h3-4H,1-2H2,(H,7,8). The van der Waals surface area contributed by atoms with Crippen molar-refractivity contribution in [1.29, 1.82) is 0 Å². The summed E-state index contributed by atoms with van der Waals surface area (Å²) in [6.07, 6.45) is 3.23. The minimum atomic E-state index is -0.513. The number of rotatable bonds is 3. The minimum absolute atomic E-state index is 0.0955. The van der Waals surface area contributed by atoms with Crippen molar-refractivity contribution < 1.29 is 9.66 Å². The number of H-pyrrole nitrogens is 1. The maximum Gasteiger partial charge on any atom is 0.350 e. The van der Waals surface area contributed by atoms with E-state index >= 15 is 0 Å². The maximum absolute atomic E-state index is 10.4. The smallest absolute Gasteiger partial charge is 0.350 e. The first-order chi connectivity index (χ1) is 5.77.